The van der Waals surface area contributed by atoms with Gasteiger partial charge in [-0.3, -0.25) is 4.79 Å². The summed E-state index contributed by atoms with van der Waals surface area (Å²) in [5.41, 5.74) is 0.206. The fourth-order valence-electron chi connectivity index (χ4n) is 2.08. The van der Waals surface area contributed by atoms with Gasteiger partial charge >= 0.3 is 0 Å². The molecule has 1 N–H and O–H groups in total. The number of hydrogen-bond donors (Lipinski definition) is 1. The fraction of sp³-hybridized carbons (Fsp3) is 0.455. The Labute approximate surface area is 99.0 Å². The quantitative estimate of drug-likeness (QED) is 0.789. The molecule has 1 aliphatic heterocycles. The minimum absolute atomic E-state index is 0.0485. The topological polar surface area (TPSA) is 90.8 Å². The van der Waals surface area contributed by atoms with Crippen molar-refractivity contribution < 1.29 is 8.42 Å². The van der Waals surface area contributed by atoms with Gasteiger partial charge in [0.25, 0.3) is 5.56 Å². The number of sulfone groups is 1. The van der Waals surface area contributed by atoms with Gasteiger partial charge in [-0.15, -0.1) is 0 Å². The lowest BCUT2D eigenvalue weighted by Crippen LogP contribution is -2.26. The van der Waals surface area contributed by atoms with Crippen LogP contribution in [0.3, 0.4) is 0 Å². The number of hydrogen-bond acceptors (Lipinski definition) is 4. The van der Waals surface area contributed by atoms with E-state index >= 15 is 0 Å². The zero-order valence-electron chi connectivity index (χ0n) is 9.14. The Morgan fingerprint density at radius 3 is 2.76 bits per heavy atom. The minimum atomic E-state index is -3.00. The minimum Gasteiger partial charge on any atom is -0.325 e. The van der Waals surface area contributed by atoms with Crippen molar-refractivity contribution in [3.63, 3.8) is 0 Å². The Hall–Kier alpha value is -1.61. The highest BCUT2D eigenvalue weighted by atomic mass is 32.2. The molecule has 90 valence electrons. The van der Waals surface area contributed by atoms with Crippen molar-refractivity contribution >= 4 is 9.84 Å². The first kappa shape index (κ1) is 11.9. The van der Waals surface area contributed by atoms with Gasteiger partial charge in [-0.05, 0) is 25.0 Å². The summed E-state index contributed by atoms with van der Waals surface area (Å²) in [5.74, 6) is 0.146. The highest BCUT2D eigenvalue weighted by molar-refractivity contribution is 7.91. The first-order valence-corrected chi connectivity index (χ1v) is 7.18. The second-order valence-corrected chi connectivity index (χ2v) is 6.45. The molecule has 6 heteroatoms. The van der Waals surface area contributed by atoms with Crippen molar-refractivity contribution in [2.24, 2.45) is 0 Å². The highest BCUT2D eigenvalue weighted by Gasteiger charge is 2.26. The average molecular weight is 252 g/mol. The first-order chi connectivity index (χ1) is 8.02. The summed E-state index contributed by atoms with van der Waals surface area (Å²) >= 11 is 0. The van der Waals surface area contributed by atoms with Gasteiger partial charge in [-0.25, -0.2) is 8.42 Å². The van der Waals surface area contributed by atoms with E-state index in [1.54, 1.807) is 12.1 Å². The Morgan fingerprint density at radius 1 is 1.41 bits per heavy atom. The third-order valence-electron chi connectivity index (χ3n) is 2.96. The van der Waals surface area contributed by atoms with Gasteiger partial charge < -0.3 is 4.98 Å². The molecule has 0 aromatic carbocycles. The molecule has 0 saturated carbocycles. The van der Waals surface area contributed by atoms with Gasteiger partial charge in [0.15, 0.2) is 9.84 Å². The third kappa shape index (κ3) is 2.56. The summed E-state index contributed by atoms with van der Waals surface area (Å²) < 4.78 is 23.0. The number of nitriles is 1. The molecule has 0 aliphatic carbocycles. The molecule has 1 unspecified atom stereocenters. The van der Waals surface area contributed by atoms with E-state index in [2.05, 4.69) is 4.98 Å². The van der Waals surface area contributed by atoms with E-state index in [0.29, 0.717) is 12.1 Å². The van der Waals surface area contributed by atoms with Crippen LogP contribution in [0.4, 0.5) is 0 Å². The monoisotopic (exact) mass is 252 g/mol. The van der Waals surface area contributed by atoms with Crippen molar-refractivity contribution in [3.8, 4) is 6.07 Å². The van der Waals surface area contributed by atoms with E-state index in [1.807, 2.05) is 0 Å². The van der Waals surface area contributed by atoms with Crippen molar-refractivity contribution in [2.75, 3.05) is 11.5 Å². The lowest BCUT2D eigenvalue weighted by atomic mass is 10.0. The van der Waals surface area contributed by atoms with Gasteiger partial charge in [-0.2, -0.15) is 5.26 Å². The highest BCUT2D eigenvalue weighted by Crippen LogP contribution is 2.26. The second kappa shape index (κ2) is 4.34. The van der Waals surface area contributed by atoms with Crippen LogP contribution in [0.15, 0.2) is 16.9 Å². The van der Waals surface area contributed by atoms with E-state index in [0.717, 1.165) is 6.42 Å². The molecule has 1 fully saturated rings. The van der Waals surface area contributed by atoms with Gasteiger partial charge in [-0.1, -0.05) is 0 Å². The van der Waals surface area contributed by atoms with Gasteiger partial charge in [0, 0.05) is 11.6 Å². The molecule has 1 saturated heterocycles. The molecule has 17 heavy (non-hydrogen) atoms. The number of rotatable bonds is 1. The molecule has 0 radical (unpaired) electrons. The van der Waals surface area contributed by atoms with Crippen LogP contribution in [-0.4, -0.2) is 24.9 Å². The maximum absolute atomic E-state index is 11.5. The maximum Gasteiger partial charge on any atom is 0.266 e. The number of pyridine rings is 1. The van der Waals surface area contributed by atoms with Crippen LogP contribution in [0.5, 0.6) is 0 Å². The van der Waals surface area contributed by atoms with Gasteiger partial charge in [0.05, 0.1) is 11.5 Å². The van der Waals surface area contributed by atoms with Crippen LogP contribution < -0.4 is 5.56 Å². The summed E-state index contributed by atoms with van der Waals surface area (Å²) in [4.78, 5) is 14.0. The van der Waals surface area contributed by atoms with Crippen molar-refractivity contribution in [3.05, 3.63) is 33.7 Å². The fourth-order valence-corrected chi connectivity index (χ4v) is 3.82. The second-order valence-electron chi connectivity index (χ2n) is 4.22. The lowest BCUT2D eigenvalue weighted by Gasteiger charge is -2.21. The zero-order valence-corrected chi connectivity index (χ0v) is 9.96. The molecule has 2 rings (SSSR count). The lowest BCUT2D eigenvalue weighted by molar-refractivity contribution is 0.549. The van der Waals surface area contributed by atoms with Crippen LogP contribution in [0, 0.1) is 11.3 Å². The molecule has 0 bridgehead atoms. The van der Waals surface area contributed by atoms with Crippen molar-refractivity contribution in [1.82, 2.24) is 4.98 Å². The average Bonchev–Trinajstić information content (AvgIpc) is 2.27. The molecule has 5 nitrogen and oxygen atoms in total. The standard InChI is InChI=1S/C11H12N2O3S/c12-6-8-3-4-10(13-11(8)14)9-2-1-5-17(15,16)7-9/h3-4,9H,1-2,5,7H2,(H,13,14). The Bertz CT molecular complexity index is 625. The largest absolute Gasteiger partial charge is 0.325 e. The predicted molar refractivity (Wildman–Crippen MR) is 62.4 cm³/mol. The number of nitrogens with zero attached hydrogens (tertiary/aromatic N) is 1. The van der Waals surface area contributed by atoms with E-state index in [9.17, 15) is 13.2 Å². The summed E-state index contributed by atoms with van der Waals surface area (Å²) in [6.45, 7) is 0. The smallest absolute Gasteiger partial charge is 0.266 e. The van der Waals surface area contributed by atoms with Gasteiger partial charge in [0.1, 0.15) is 11.6 Å². The molecule has 0 amide bonds. The van der Waals surface area contributed by atoms with Crippen LogP contribution >= 0.6 is 0 Å². The van der Waals surface area contributed by atoms with Crippen molar-refractivity contribution in [1.29, 1.82) is 5.26 Å². The Kier molecular flexibility index (Phi) is 3.03. The molecule has 1 aliphatic rings. The molecule has 1 aromatic heterocycles. The van der Waals surface area contributed by atoms with E-state index in [4.69, 9.17) is 5.26 Å². The Balaban J connectivity index is 2.33. The van der Waals surface area contributed by atoms with Crippen LogP contribution in [0.2, 0.25) is 0 Å². The molecule has 0 spiro atoms. The number of nitrogens with one attached hydrogen (secondary N) is 1. The summed E-state index contributed by atoms with van der Waals surface area (Å²) in [5, 5.41) is 8.64. The maximum atomic E-state index is 11.5. The van der Waals surface area contributed by atoms with Crippen LogP contribution in [0.25, 0.3) is 0 Å². The number of H-pyrrole nitrogens is 1. The summed E-state index contributed by atoms with van der Waals surface area (Å²) in [7, 11) is -3.00. The third-order valence-corrected chi connectivity index (χ3v) is 4.78. The van der Waals surface area contributed by atoms with Crippen LogP contribution in [0.1, 0.15) is 30.0 Å². The number of aromatic nitrogens is 1. The summed E-state index contributed by atoms with van der Waals surface area (Å²) in [6, 6.07) is 4.85. The van der Waals surface area contributed by atoms with E-state index in [-0.39, 0.29) is 23.0 Å². The van der Waals surface area contributed by atoms with E-state index in [1.165, 1.54) is 6.07 Å². The molecule has 1 atom stereocenters. The summed E-state index contributed by atoms with van der Waals surface area (Å²) in [6.07, 6.45) is 1.37. The predicted octanol–water partition coefficient (Wildman–Crippen LogP) is 0.539. The van der Waals surface area contributed by atoms with Crippen LogP contribution in [-0.2, 0) is 9.84 Å². The molecular formula is C11H12N2O3S. The zero-order chi connectivity index (χ0) is 12.5. The normalized spacial score (nSPS) is 22.9. The first-order valence-electron chi connectivity index (χ1n) is 5.35. The molecule has 1 aromatic rings. The Morgan fingerprint density at radius 2 is 2.18 bits per heavy atom. The van der Waals surface area contributed by atoms with Gasteiger partial charge in [0.2, 0.25) is 0 Å². The number of aromatic amines is 1. The molecule has 2 heterocycles. The van der Waals surface area contributed by atoms with Crippen molar-refractivity contribution in [2.45, 2.75) is 18.8 Å². The molecular weight excluding hydrogens is 240 g/mol. The SMILES string of the molecule is N#Cc1ccc(C2CCCS(=O)(=O)C2)[nH]c1=O. The van der Waals surface area contributed by atoms with E-state index < -0.39 is 15.4 Å².